The van der Waals surface area contributed by atoms with E-state index in [0.29, 0.717) is 12.5 Å². The lowest BCUT2D eigenvalue weighted by molar-refractivity contribution is 0.299. The molecule has 0 unspecified atom stereocenters. The van der Waals surface area contributed by atoms with Gasteiger partial charge in [-0.1, -0.05) is 26.0 Å². The molecule has 5 heteroatoms. The first-order valence-electron chi connectivity index (χ1n) is 7.08. The van der Waals surface area contributed by atoms with Crippen LogP contribution >= 0.6 is 27.3 Å². The summed E-state index contributed by atoms with van der Waals surface area (Å²) in [5.41, 5.74) is 2.21. The smallest absolute Gasteiger partial charge is 0.140 e. The van der Waals surface area contributed by atoms with Gasteiger partial charge in [0.05, 0.1) is 4.47 Å². The van der Waals surface area contributed by atoms with Gasteiger partial charge in [0.1, 0.15) is 17.4 Å². The van der Waals surface area contributed by atoms with Crippen LogP contribution in [-0.4, -0.2) is 11.5 Å². The number of rotatable bonds is 7. The molecule has 2 aromatic rings. The molecule has 114 valence electrons. The molecular weight excluding hydrogens is 348 g/mol. The van der Waals surface area contributed by atoms with Gasteiger partial charge < -0.3 is 10.1 Å². The van der Waals surface area contributed by atoms with E-state index in [1.807, 2.05) is 24.4 Å². The van der Waals surface area contributed by atoms with Crippen LogP contribution in [0.4, 0.5) is 0 Å². The Morgan fingerprint density at radius 2 is 2.19 bits per heavy atom. The Morgan fingerprint density at radius 3 is 2.86 bits per heavy atom. The molecule has 0 amide bonds. The van der Waals surface area contributed by atoms with E-state index >= 15 is 0 Å². The molecule has 1 N–H and O–H groups in total. The first-order chi connectivity index (χ1) is 10.1. The van der Waals surface area contributed by atoms with E-state index in [1.165, 1.54) is 5.56 Å². The molecule has 0 bridgehead atoms. The molecule has 21 heavy (non-hydrogen) atoms. The Balaban J connectivity index is 2.02. The summed E-state index contributed by atoms with van der Waals surface area (Å²) in [6.45, 7) is 8.73. The number of aromatic nitrogens is 1. The third-order valence-electron chi connectivity index (χ3n) is 2.92. The van der Waals surface area contributed by atoms with E-state index < -0.39 is 0 Å². The molecule has 1 aromatic carbocycles. The molecule has 3 nitrogen and oxygen atoms in total. The lowest BCUT2D eigenvalue weighted by Crippen LogP contribution is -2.19. The summed E-state index contributed by atoms with van der Waals surface area (Å²) in [6, 6.07) is 6.14. The highest BCUT2D eigenvalue weighted by atomic mass is 79.9. The monoisotopic (exact) mass is 368 g/mol. The molecule has 0 fully saturated rings. The molecule has 0 aliphatic heterocycles. The zero-order chi connectivity index (χ0) is 15.2. The maximum atomic E-state index is 5.99. The maximum absolute atomic E-state index is 5.99. The lowest BCUT2D eigenvalue weighted by atomic mass is 10.2. The van der Waals surface area contributed by atoms with E-state index in [0.717, 1.165) is 34.0 Å². The van der Waals surface area contributed by atoms with Crippen molar-refractivity contribution in [2.45, 2.75) is 33.9 Å². The molecule has 1 heterocycles. The first kappa shape index (κ1) is 16.5. The van der Waals surface area contributed by atoms with Gasteiger partial charge in [-0.3, -0.25) is 0 Å². The normalized spacial score (nSPS) is 11.1. The van der Waals surface area contributed by atoms with Gasteiger partial charge >= 0.3 is 0 Å². The SMILES string of the molecule is Cc1csc(COc2c(Br)cccc2CNCC(C)C)n1. The second kappa shape index (κ2) is 7.92. The van der Waals surface area contributed by atoms with E-state index in [9.17, 15) is 0 Å². The van der Waals surface area contributed by atoms with Crippen LogP contribution in [-0.2, 0) is 13.2 Å². The van der Waals surface area contributed by atoms with E-state index in [4.69, 9.17) is 4.74 Å². The van der Waals surface area contributed by atoms with Crippen molar-refractivity contribution >= 4 is 27.3 Å². The fraction of sp³-hybridized carbons (Fsp3) is 0.438. The highest BCUT2D eigenvalue weighted by Crippen LogP contribution is 2.30. The minimum atomic E-state index is 0.512. The Bertz CT molecular complexity index is 583. The van der Waals surface area contributed by atoms with Gasteiger partial charge in [0, 0.05) is 23.2 Å². The fourth-order valence-corrected chi connectivity index (χ4v) is 3.16. The molecular formula is C16H21BrN2OS. The van der Waals surface area contributed by atoms with Crippen LogP contribution in [0.2, 0.25) is 0 Å². The maximum Gasteiger partial charge on any atom is 0.140 e. The Hall–Kier alpha value is -0.910. The summed E-state index contributed by atoms with van der Waals surface area (Å²) in [7, 11) is 0. The summed E-state index contributed by atoms with van der Waals surface area (Å²) in [5.74, 6) is 1.54. The van der Waals surface area contributed by atoms with Gasteiger partial charge in [0.2, 0.25) is 0 Å². The predicted octanol–water partition coefficient (Wildman–Crippen LogP) is 4.54. The van der Waals surface area contributed by atoms with Crippen molar-refractivity contribution in [2.24, 2.45) is 5.92 Å². The van der Waals surface area contributed by atoms with Crippen molar-refractivity contribution in [2.75, 3.05) is 6.54 Å². The lowest BCUT2D eigenvalue weighted by Gasteiger charge is -2.14. The third-order valence-corrected chi connectivity index (χ3v) is 4.49. The second-order valence-electron chi connectivity index (χ2n) is 5.42. The Kier molecular flexibility index (Phi) is 6.21. The van der Waals surface area contributed by atoms with Crippen LogP contribution in [0.15, 0.2) is 28.1 Å². The standard InChI is InChI=1S/C16H21BrN2OS/c1-11(2)7-18-8-13-5-4-6-14(17)16(13)20-9-15-19-12(3)10-21-15/h4-6,10-11,18H,7-9H2,1-3H3. The summed E-state index contributed by atoms with van der Waals surface area (Å²) in [5, 5.41) is 6.51. The van der Waals surface area contributed by atoms with Crippen LogP contribution in [0.25, 0.3) is 0 Å². The van der Waals surface area contributed by atoms with E-state index in [2.05, 4.69) is 46.1 Å². The second-order valence-corrected chi connectivity index (χ2v) is 7.22. The van der Waals surface area contributed by atoms with Gasteiger partial charge in [0.15, 0.2) is 0 Å². The molecule has 0 atom stereocenters. The quantitative estimate of drug-likeness (QED) is 0.778. The first-order valence-corrected chi connectivity index (χ1v) is 8.75. The number of hydrogen-bond acceptors (Lipinski definition) is 4. The van der Waals surface area contributed by atoms with Crippen molar-refractivity contribution in [3.05, 3.63) is 44.3 Å². The van der Waals surface area contributed by atoms with Gasteiger partial charge in [-0.25, -0.2) is 4.98 Å². The minimum absolute atomic E-state index is 0.512. The molecule has 1 aromatic heterocycles. The summed E-state index contributed by atoms with van der Waals surface area (Å²) >= 11 is 5.21. The van der Waals surface area contributed by atoms with E-state index in [1.54, 1.807) is 11.3 Å². The number of para-hydroxylation sites is 1. The number of nitrogens with one attached hydrogen (secondary N) is 1. The van der Waals surface area contributed by atoms with Crippen LogP contribution in [0.5, 0.6) is 5.75 Å². The zero-order valence-corrected chi connectivity index (χ0v) is 15.1. The van der Waals surface area contributed by atoms with Crippen LogP contribution in [0.3, 0.4) is 0 Å². The molecule has 2 rings (SSSR count). The molecule has 0 radical (unpaired) electrons. The molecule has 0 saturated heterocycles. The van der Waals surface area contributed by atoms with Crippen molar-refractivity contribution in [1.29, 1.82) is 0 Å². The average Bonchev–Trinajstić information content (AvgIpc) is 2.83. The van der Waals surface area contributed by atoms with Crippen LogP contribution in [0, 0.1) is 12.8 Å². The summed E-state index contributed by atoms with van der Waals surface area (Å²) in [6.07, 6.45) is 0. The minimum Gasteiger partial charge on any atom is -0.485 e. The highest BCUT2D eigenvalue weighted by Gasteiger charge is 2.09. The molecule has 0 aliphatic carbocycles. The molecule has 0 spiro atoms. The number of thiazole rings is 1. The number of halogens is 1. The molecule has 0 aliphatic rings. The van der Waals surface area contributed by atoms with Gasteiger partial charge in [0.25, 0.3) is 0 Å². The van der Waals surface area contributed by atoms with Crippen molar-refractivity contribution in [3.8, 4) is 5.75 Å². The summed E-state index contributed by atoms with van der Waals surface area (Å²) < 4.78 is 6.97. The molecule has 0 saturated carbocycles. The fourth-order valence-electron chi connectivity index (χ4n) is 1.95. The Labute approximate surface area is 138 Å². The van der Waals surface area contributed by atoms with Crippen LogP contribution < -0.4 is 10.1 Å². The number of nitrogens with zero attached hydrogens (tertiary/aromatic N) is 1. The van der Waals surface area contributed by atoms with Gasteiger partial charge in [-0.05, 0) is 41.4 Å². The summed E-state index contributed by atoms with van der Waals surface area (Å²) in [4.78, 5) is 4.43. The van der Waals surface area contributed by atoms with Gasteiger partial charge in [-0.15, -0.1) is 11.3 Å². The van der Waals surface area contributed by atoms with Crippen molar-refractivity contribution < 1.29 is 4.74 Å². The highest BCUT2D eigenvalue weighted by molar-refractivity contribution is 9.10. The van der Waals surface area contributed by atoms with Gasteiger partial charge in [-0.2, -0.15) is 0 Å². The largest absolute Gasteiger partial charge is 0.485 e. The topological polar surface area (TPSA) is 34.1 Å². The number of benzene rings is 1. The van der Waals surface area contributed by atoms with Crippen molar-refractivity contribution in [3.63, 3.8) is 0 Å². The third kappa shape index (κ3) is 5.09. The zero-order valence-electron chi connectivity index (χ0n) is 12.6. The predicted molar refractivity (Wildman–Crippen MR) is 91.9 cm³/mol. The number of aryl methyl sites for hydroxylation is 1. The van der Waals surface area contributed by atoms with Crippen molar-refractivity contribution in [1.82, 2.24) is 10.3 Å². The number of hydrogen-bond donors (Lipinski definition) is 1. The van der Waals surface area contributed by atoms with E-state index in [-0.39, 0.29) is 0 Å². The van der Waals surface area contributed by atoms with Crippen LogP contribution in [0.1, 0.15) is 30.1 Å². The average molecular weight is 369 g/mol. The number of ether oxygens (including phenoxy) is 1. The Morgan fingerprint density at radius 1 is 1.38 bits per heavy atom.